The third kappa shape index (κ3) is 4.45. The molecule has 0 radical (unpaired) electrons. The first kappa shape index (κ1) is 17.7. The second-order valence-electron chi connectivity index (χ2n) is 4.93. The van der Waals surface area contributed by atoms with Crippen molar-refractivity contribution in [3.05, 3.63) is 65.0 Å². The van der Waals surface area contributed by atoms with Crippen molar-refractivity contribution in [3.8, 4) is 0 Å². The van der Waals surface area contributed by atoms with Gasteiger partial charge in [-0.3, -0.25) is 0 Å². The number of anilines is 1. The summed E-state index contributed by atoms with van der Waals surface area (Å²) in [4.78, 5) is 11.8. The van der Waals surface area contributed by atoms with Crippen molar-refractivity contribution in [2.45, 2.75) is 19.3 Å². The molecule has 4 nitrogen and oxygen atoms in total. The number of aliphatic hydroxyl groups excluding tert-OH is 1. The second kappa shape index (κ2) is 7.31. The Kier molecular flexibility index (Phi) is 5.40. The van der Waals surface area contributed by atoms with E-state index in [-0.39, 0.29) is 18.8 Å². The zero-order valence-electron chi connectivity index (χ0n) is 12.3. The van der Waals surface area contributed by atoms with Crippen molar-refractivity contribution in [2.24, 2.45) is 0 Å². The number of rotatable bonds is 4. The van der Waals surface area contributed by atoms with Crippen LogP contribution >= 0.6 is 0 Å². The van der Waals surface area contributed by atoms with Gasteiger partial charge < -0.3 is 15.7 Å². The van der Waals surface area contributed by atoms with Gasteiger partial charge >= 0.3 is 12.2 Å². The third-order valence-corrected chi connectivity index (χ3v) is 3.26. The Balaban J connectivity index is 2.03. The predicted molar refractivity (Wildman–Crippen MR) is 79.6 cm³/mol. The van der Waals surface area contributed by atoms with Crippen molar-refractivity contribution in [2.75, 3.05) is 5.32 Å². The standard InChI is InChI=1S/C16H14F4N2O2/c17-14-6-5-12(7-13(14)16(18,19)20)22-15(24)21-8-10-3-1-2-4-11(10)9-23/h1-7,23H,8-9H2,(H2,21,22,24). The normalized spacial score (nSPS) is 11.2. The molecule has 3 N–H and O–H groups in total. The molecule has 0 bridgehead atoms. The minimum absolute atomic E-state index is 0.0793. The predicted octanol–water partition coefficient (Wildman–Crippen LogP) is 3.66. The summed E-state index contributed by atoms with van der Waals surface area (Å²) in [7, 11) is 0. The number of hydrogen-bond acceptors (Lipinski definition) is 2. The lowest BCUT2D eigenvalue weighted by Gasteiger charge is -2.12. The van der Waals surface area contributed by atoms with Crippen molar-refractivity contribution in [3.63, 3.8) is 0 Å². The Hall–Kier alpha value is -2.61. The number of carbonyl (C=O) groups excluding carboxylic acids is 1. The van der Waals surface area contributed by atoms with E-state index >= 15 is 0 Å². The first-order valence-electron chi connectivity index (χ1n) is 6.90. The average Bonchev–Trinajstić information content (AvgIpc) is 2.54. The fourth-order valence-corrected chi connectivity index (χ4v) is 2.06. The third-order valence-electron chi connectivity index (χ3n) is 3.26. The van der Waals surface area contributed by atoms with Crippen LogP contribution < -0.4 is 10.6 Å². The summed E-state index contributed by atoms with van der Waals surface area (Å²) in [5, 5.41) is 13.9. The molecule has 24 heavy (non-hydrogen) atoms. The number of benzene rings is 2. The SMILES string of the molecule is O=C(NCc1ccccc1CO)Nc1ccc(F)c(C(F)(F)F)c1. The van der Waals surface area contributed by atoms with Gasteiger partial charge in [0.15, 0.2) is 0 Å². The maximum absolute atomic E-state index is 13.2. The van der Waals surface area contributed by atoms with Gasteiger partial charge in [-0.1, -0.05) is 24.3 Å². The van der Waals surface area contributed by atoms with Gasteiger partial charge in [0.1, 0.15) is 5.82 Å². The van der Waals surface area contributed by atoms with Gasteiger partial charge in [-0.15, -0.1) is 0 Å². The lowest BCUT2D eigenvalue weighted by atomic mass is 10.1. The molecule has 2 aromatic rings. The van der Waals surface area contributed by atoms with E-state index in [1.807, 2.05) is 0 Å². The molecule has 0 aromatic heterocycles. The minimum atomic E-state index is -4.85. The number of aliphatic hydroxyl groups is 1. The summed E-state index contributed by atoms with van der Waals surface area (Å²) in [5.74, 6) is -1.41. The van der Waals surface area contributed by atoms with Crippen LogP contribution in [0.15, 0.2) is 42.5 Å². The molecular formula is C16H14F4N2O2. The van der Waals surface area contributed by atoms with Gasteiger partial charge in [0.2, 0.25) is 0 Å². The Morgan fingerprint density at radius 1 is 1.08 bits per heavy atom. The monoisotopic (exact) mass is 342 g/mol. The zero-order chi connectivity index (χ0) is 17.7. The van der Waals surface area contributed by atoms with E-state index in [4.69, 9.17) is 0 Å². The molecule has 0 aliphatic carbocycles. The van der Waals surface area contributed by atoms with Crippen LogP contribution in [0.4, 0.5) is 28.0 Å². The van der Waals surface area contributed by atoms with E-state index in [0.29, 0.717) is 23.3 Å². The summed E-state index contributed by atoms with van der Waals surface area (Å²) in [6, 6.07) is 8.29. The Morgan fingerprint density at radius 3 is 2.38 bits per heavy atom. The molecule has 0 saturated heterocycles. The van der Waals surface area contributed by atoms with Crippen LogP contribution in [0.25, 0.3) is 0 Å². The van der Waals surface area contributed by atoms with Crippen LogP contribution in [0.2, 0.25) is 0 Å². The topological polar surface area (TPSA) is 61.4 Å². The van der Waals surface area contributed by atoms with Crippen LogP contribution in [0.1, 0.15) is 16.7 Å². The molecule has 0 aliphatic heterocycles. The summed E-state index contributed by atoms with van der Waals surface area (Å²) in [5.41, 5.74) is -0.341. The van der Waals surface area contributed by atoms with Crippen molar-refractivity contribution in [1.29, 1.82) is 0 Å². The van der Waals surface area contributed by atoms with Crippen LogP contribution in [0, 0.1) is 5.82 Å². The highest BCUT2D eigenvalue weighted by molar-refractivity contribution is 5.89. The first-order valence-corrected chi connectivity index (χ1v) is 6.90. The number of urea groups is 1. The maximum Gasteiger partial charge on any atom is 0.419 e. The molecule has 0 fully saturated rings. The van der Waals surface area contributed by atoms with Crippen LogP contribution in [-0.4, -0.2) is 11.1 Å². The fourth-order valence-electron chi connectivity index (χ4n) is 2.06. The quantitative estimate of drug-likeness (QED) is 0.743. The first-order chi connectivity index (χ1) is 11.3. The number of halogens is 4. The molecule has 2 amide bonds. The average molecular weight is 342 g/mol. The van der Waals surface area contributed by atoms with Crippen molar-refractivity contribution >= 4 is 11.7 Å². The zero-order valence-corrected chi connectivity index (χ0v) is 12.3. The smallest absolute Gasteiger partial charge is 0.392 e. The van der Waals surface area contributed by atoms with Gasteiger partial charge in [-0.05, 0) is 29.3 Å². The Bertz CT molecular complexity index is 732. The number of hydrogen-bond donors (Lipinski definition) is 3. The highest BCUT2D eigenvalue weighted by Crippen LogP contribution is 2.32. The lowest BCUT2D eigenvalue weighted by Crippen LogP contribution is -2.28. The maximum atomic E-state index is 13.2. The van der Waals surface area contributed by atoms with Crippen LogP contribution in [0.5, 0.6) is 0 Å². The molecule has 0 saturated carbocycles. The molecule has 0 atom stereocenters. The van der Waals surface area contributed by atoms with Crippen molar-refractivity contribution in [1.82, 2.24) is 5.32 Å². The fraction of sp³-hybridized carbons (Fsp3) is 0.188. The molecule has 128 valence electrons. The highest BCUT2D eigenvalue weighted by atomic mass is 19.4. The highest BCUT2D eigenvalue weighted by Gasteiger charge is 2.34. The molecule has 2 aromatic carbocycles. The Morgan fingerprint density at radius 2 is 1.75 bits per heavy atom. The summed E-state index contributed by atoms with van der Waals surface area (Å²) < 4.78 is 51.1. The van der Waals surface area contributed by atoms with Gasteiger partial charge in [0.05, 0.1) is 12.2 Å². The molecular weight excluding hydrogens is 328 g/mol. The Labute approximate surface area is 135 Å². The molecule has 8 heteroatoms. The van der Waals surface area contributed by atoms with Gasteiger partial charge in [0.25, 0.3) is 0 Å². The van der Waals surface area contributed by atoms with E-state index < -0.39 is 23.6 Å². The van der Waals surface area contributed by atoms with Gasteiger partial charge in [-0.25, -0.2) is 9.18 Å². The van der Waals surface area contributed by atoms with E-state index in [9.17, 15) is 27.5 Å². The lowest BCUT2D eigenvalue weighted by molar-refractivity contribution is -0.139. The number of alkyl halides is 3. The van der Waals surface area contributed by atoms with Gasteiger partial charge in [-0.2, -0.15) is 13.2 Å². The van der Waals surface area contributed by atoms with Crippen LogP contribution in [0.3, 0.4) is 0 Å². The molecule has 0 unspecified atom stereocenters. The number of carbonyl (C=O) groups is 1. The van der Waals surface area contributed by atoms with Crippen LogP contribution in [-0.2, 0) is 19.3 Å². The van der Waals surface area contributed by atoms with E-state index in [2.05, 4.69) is 10.6 Å². The molecule has 0 spiro atoms. The summed E-state index contributed by atoms with van der Waals surface area (Å²) >= 11 is 0. The number of nitrogens with one attached hydrogen (secondary N) is 2. The molecule has 0 aliphatic rings. The summed E-state index contributed by atoms with van der Waals surface area (Å²) in [6.07, 6.45) is -4.85. The number of amides is 2. The van der Waals surface area contributed by atoms with E-state index in [1.54, 1.807) is 24.3 Å². The summed E-state index contributed by atoms with van der Waals surface area (Å²) in [6.45, 7) is -0.123. The second-order valence-corrected chi connectivity index (χ2v) is 4.93. The molecule has 2 rings (SSSR count). The van der Waals surface area contributed by atoms with Gasteiger partial charge in [0, 0.05) is 12.2 Å². The van der Waals surface area contributed by atoms with Crippen molar-refractivity contribution < 1.29 is 27.5 Å². The minimum Gasteiger partial charge on any atom is -0.392 e. The largest absolute Gasteiger partial charge is 0.419 e. The van der Waals surface area contributed by atoms with E-state index in [1.165, 1.54) is 0 Å². The molecule has 0 heterocycles. The van der Waals surface area contributed by atoms with E-state index in [0.717, 1.165) is 6.07 Å².